The topological polar surface area (TPSA) is 67.8 Å². The fourth-order valence-electron chi connectivity index (χ4n) is 0.0289. The van der Waals surface area contributed by atoms with E-state index in [1.165, 1.54) is 11.9 Å². The second kappa shape index (κ2) is 9.33. The number of rotatable bonds is 0. The van der Waals surface area contributed by atoms with Gasteiger partial charge in [-0.1, -0.05) is 0 Å². The Kier molecular flexibility index (Phi) is 11.7. The largest absolute Gasteiger partial charge is 0.526 e. The van der Waals surface area contributed by atoms with Gasteiger partial charge in [0.25, 0.3) is 0 Å². The number of nitrogens with zero attached hydrogens (tertiary/aromatic N) is 2. The van der Waals surface area contributed by atoms with Crippen molar-refractivity contribution in [1.82, 2.24) is 0 Å². The molecule has 0 fully saturated rings. The van der Waals surface area contributed by atoms with Crippen molar-refractivity contribution < 1.29 is 9.41 Å². The van der Waals surface area contributed by atoms with Gasteiger partial charge in [-0.25, -0.2) is 10.5 Å². The maximum absolute atomic E-state index is 9.50. The van der Waals surface area contributed by atoms with Crippen LogP contribution in [0.1, 0.15) is 0 Å². The molecule has 5 heteroatoms. The first-order valence-corrected chi connectivity index (χ1v) is 1.66. The molecule has 0 radical (unpaired) electrons. The van der Waals surface area contributed by atoms with Crippen molar-refractivity contribution >= 4 is 6.92 Å². The molecule has 0 rings (SSSR count). The van der Waals surface area contributed by atoms with E-state index in [2.05, 4.69) is 0 Å². The van der Waals surface area contributed by atoms with Crippen LogP contribution in [0.4, 0.5) is 4.39 Å². The summed E-state index contributed by atoms with van der Waals surface area (Å²) in [5.74, 6) is 2.62. The van der Waals surface area contributed by atoms with E-state index in [4.69, 9.17) is 15.5 Å². The van der Waals surface area contributed by atoms with Gasteiger partial charge in [-0.05, 0) is 0 Å². The molecule has 42 valence electrons. The average Bonchev–Trinajstić information content (AvgIpc) is 1.91. The fraction of sp³-hybridized carbons (Fsp3) is 0.333. The lowest BCUT2D eigenvalue weighted by Crippen LogP contribution is -2.03. The van der Waals surface area contributed by atoms with E-state index in [9.17, 15) is 4.39 Å². The Hall–Kier alpha value is -1.07. The zero-order valence-corrected chi connectivity index (χ0v) is 4.30. The molecule has 0 amide bonds. The lowest BCUT2D eigenvalue weighted by Gasteiger charge is -1.65. The van der Waals surface area contributed by atoms with Crippen molar-refractivity contribution in [3.05, 3.63) is 0 Å². The molecule has 0 spiro atoms. The van der Waals surface area contributed by atoms with E-state index in [0.29, 0.717) is 7.18 Å². The standard InChI is InChI=1S/C2HBN2O.CH3F/c4-1-3(6)2-5;1-2/h6H;1H3. The normalized spacial score (nSPS) is 4.62. The molecule has 0 heterocycles. The zero-order chi connectivity index (χ0) is 6.99. The predicted octanol–water partition coefficient (Wildman–Crippen LogP) is -0.319. The summed E-state index contributed by atoms with van der Waals surface area (Å²) in [6.07, 6.45) is 0. The number of alkyl halides is 1. The molecule has 3 nitrogen and oxygen atoms in total. The Balaban J connectivity index is 0. The van der Waals surface area contributed by atoms with E-state index in [-0.39, 0.29) is 0 Å². The van der Waals surface area contributed by atoms with Gasteiger partial charge in [-0.3, -0.25) is 4.39 Å². The van der Waals surface area contributed by atoms with Crippen LogP contribution in [0.25, 0.3) is 0 Å². The Morgan fingerprint density at radius 2 is 1.62 bits per heavy atom. The van der Waals surface area contributed by atoms with Gasteiger partial charge < -0.3 is 5.02 Å². The molecule has 0 atom stereocenters. The summed E-state index contributed by atoms with van der Waals surface area (Å²) < 4.78 is 9.50. The van der Waals surface area contributed by atoms with Crippen LogP contribution in [-0.4, -0.2) is 19.1 Å². The van der Waals surface area contributed by atoms with E-state index in [1.807, 2.05) is 0 Å². The minimum atomic E-state index is -1.45. The monoisotopic (exact) mass is 114 g/mol. The van der Waals surface area contributed by atoms with Gasteiger partial charge in [0.2, 0.25) is 0 Å². The maximum atomic E-state index is 9.50. The van der Waals surface area contributed by atoms with Crippen LogP contribution in [-0.2, 0) is 0 Å². The van der Waals surface area contributed by atoms with Gasteiger partial charge >= 0.3 is 6.92 Å². The second-order valence-electron chi connectivity index (χ2n) is 0.661. The minimum absolute atomic E-state index is 0.500. The Bertz CT molecular complexity index is 101. The number of nitriles is 2. The van der Waals surface area contributed by atoms with E-state index in [0.717, 1.165) is 0 Å². The third-order valence-electron chi connectivity index (χ3n) is 0.245. The Morgan fingerprint density at radius 1 is 1.38 bits per heavy atom. The zero-order valence-electron chi connectivity index (χ0n) is 4.30. The highest BCUT2D eigenvalue weighted by atomic mass is 19.1. The molecular weight excluding hydrogens is 110 g/mol. The molecule has 0 aliphatic rings. The summed E-state index contributed by atoms with van der Waals surface area (Å²) >= 11 is 0. The van der Waals surface area contributed by atoms with Crippen molar-refractivity contribution in [2.45, 2.75) is 0 Å². The van der Waals surface area contributed by atoms with Crippen LogP contribution in [0.2, 0.25) is 0 Å². The van der Waals surface area contributed by atoms with Crippen LogP contribution in [0, 0.1) is 22.5 Å². The molecule has 1 N–H and O–H groups in total. The summed E-state index contributed by atoms with van der Waals surface area (Å²) in [6.45, 7) is -1.45. The van der Waals surface area contributed by atoms with Gasteiger partial charge in [0.15, 0.2) is 0 Å². The molecule has 0 aliphatic carbocycles. The first kappa shape index (κ1) is 10.0. The van der Waals surface area contributed by atoms with E-state index >= 15 is 0 Å². The van der Waals surface area contributed by atoms with Gasteiger partial charge in [0.1, 0.15) is 0 Å². The first-order valence-electron chi connectivity index (χ1n) is 1.66. The minimum Gasteiger partial charge on any atom is -0.427 e. The van der Waals surface area contributed by atoms with Gasteiger partial charge in [-0.15, -0.1) is 0 Å². The summed E-state index contributed by atoms with van der Waals surface area (Å²) in [4.78, 5) is 0. The van der Waals surface area contributed by atoms with Crippen LogP contribution in [0.3, 0.4) is 0 Å². The molecular formula is C3H4BFN2O. The maximum Gasteiger partial charge on any atom is 0.526 e. The summed E-state index contributed by atoms with van der Waals surface area (Å²) in [5, 5.41) is 23.2. The first-order chi connectivity index (χ1) is 3.81. The highest BCUT2D eigenvalue weighted by Gasteiger charge is 2.03. The predicted molar refractivity (Wildman–Crippen MR) is 26.2 cm³/mol. The van der Waals surface area contributed by atoms with Crippen LogP contribution in [0.5, 0.6) is 0 Å². The lowest BCUT2D eigenvalue weighted by atomic mass is 9.74. The molecule has 0 saturated heterocycles. The van der Waals surface area contributed by atoms with Crippen LogP contribution >= 0.6 is 0 Å². The summed E-state index contributed by atoms with van der Waals surface area (Å²) in [6, 6.07) is 0. The smallest absolute Gasteiger partial charge is 0.427 e. The van der Waals surface area contributed by atoms with Crippen molar-refractivity contribution in [3.63, 3.8) is 0 Å². The van der Waals surface area contributed by atoms with E-state index in [1.54, 1.807) is 0 Å². The molecule has 0 bridgehead atoms. The summed E-state index contributed by atoms with van der Waals surface area (Å²) in [5.41, 5.74) is 0. The van der Waals surface area contributed by atoms with Crippen molar-refractivity contribution in [2.24, 2.45) is 0 Å². The number of hydrogen-bond donors (Lipinski definition) is 1. The van der Waals surface area contributed by atoms with Gasteiger partial charge in [0.05, 0.1) is 19.1 Å². The molecule has 0 unspecified atom stereocenters. The number of halogens is 1. The van der Waals surface area contributed by atoms with Crippen LogP contribution in [0.15, 0.2) is 0 Å². The molecule has 0 aromatic heterocycles. The van der Waals surface area contributed by atoms with Crippen molar-refractivity contribution in [1.29, 1.82) is 10.5 Å². The Labute approximate surface area is 47.1 Å². The fourth-order valence-corrected chi connectivity index (χ4v) is 0.0289. The van der Waals surface area contributed by atoms with Gasteiger partial charge in [0, 0.05) is 0 Å². The second-order valence-corrected chi connectivity index (χ2v) is 0.661. The average molecular weight is 114 g/mol. The van der Waals surface area contributed by atoms with E-state index < -0.39 is 6.92 Å². The van der Waals surface area contributed by atoms with Crippen molar-refractivity contribution in [2.75, 3.05) is 7.18 Å². The third kappa shape index (κ3) is 8.87. The highest BCUT2D eigenvalue weighted by molar-refractivity contribution is 6.66. The van der Waals surface area contributed by atoms with Crippen molar-refractivity contribution in [3.8, 4) is 11.9 Å². The van der Waals surface area contributed by atoms with Crippen LogP contribution < -0.4 is 0 Å². The Morgan fingerprint density at radius 3 is 1.62 bits per heavy atom. The highest BCUT2D eigenvalue weighted by Crippen LogP contribution is 1.60. The van der Waals surface area contributed by atoms with Gasteiger partial charge in [-0.2, -0.15) is 0 Å². The third-order valence-corrected chi connectivity index (χ3v) is 0.245. The number of hydrogen-bond acceptors (Lipinski definition) is 3. The lowest BCUT2D eigenvalue weighted by molar-refractivity contribution is 0.601. The molecule has 8 heavy (non-hydrogen) atoms. The quantitative estimate of drug-likeness (QED) is 0.438. The molecule has 0 aromatic carbocycles. The molecule has 0 saturated carbocycles. The summed E-state index contributed by atoms with van der Waals surface area (Å²) in [7, 11) is 0.500. The molecule has 0 aliphatic heterocycles. The molecule has 0 aromatic rings. The SMILES string of the molecule is CF.N#CB(O)C#N.